The van der Waals surface area contributed by atoms with Crippen molar-refractivity contribution in [2.45, 2.75) is 32.4 Å². The molecule has 0 amide bonds. The topological polar surface area (TPSA) is 69.6 Å². The number of nitrogens with one attached hydrogen (secondary N) is 1. The van der Waals surface area contributed by atoms with Gasteiger partial charge in [0.1, 0.15) is 0 Å². The molecule has 1 aromatic carbocycles. The minimum Gasteiger partial charge on any atom is -0.478 e. The van der Waals surface area contributed by atoms with Gasteiger partial charge in [-0.15, -0.1) is 0 Å². The molecule has 0 bridgehead atoms. The maximum Gasteiger partial charge on any atom is 0.336 e. The lowest BCUT2D eigenvalue weighted by molar-refractivity contribution is 0.0696. The van der Waals surface area contributed by atoms with Gasteiger partial charge in [0.2, 0.25) is 0 Å². The highest BCUT2D eigenvalue weighted by Crippen LogP contribution is 2.22. The Bertz CT molecular complexity index is 407. The van der Waals surface area contributed by atoms with Crippen LogP contribution >= 0.6 is 15.9 Å². The first-order chi connectivity index (χ1) is 7.90. The molecule has 3 N–H and O–H groups in total. The first-order valence-corrected chi connectivity index (χ1v) is 6.17. The predicted molar refractivity (Wildman–Crippen MR) is 70.5 cm³/mol. The van der Waals surface area contributed by atoms with E-state index in [1.165, 1.54) is 0 Å². The Morgan fingerprint density at radius 3 is 2.59 bits per heavy atom. The molecular weight excluding hydrogens is 286 g/mol. The lowest BCUT2D eigenvalue weighted by Gasteiger charge is -2.17. The first-order valence-electron chi connectivity index (χ1n) is 5.37. The van der Waals surface area contributed by atoms with Crippen LogP contribution < -0.4 is 5.32 Å². The molecule has 17 heavy (non-hydrogen) atoms. The molecule has 0 spiro atoms. The van der Waals surface area contributed by atoms with Crippen molar-refractivity contribution in [3.63, 3.8) is 0 Å². The Hall–Kier alpha value is -1.07. The fraction of sp³-hybridized carbons (Fsp3) is 0.417. The number of benzene rings is 1. The maximum absolute atomic E-state index is 10.8. The molecule has 0 aromatic heterocycles. The van der Waals surface area contributed by atoms with E-state index in [1.54, 1.807) is 25.1 Å². The number of carboxylic acids is 1. The molecule has 0 aliphatic rings. The molecule has 0 heterocycles. The van der Waals surface area contributed by atoms with Crippen molar-refractivity contribution in [1.82, 2.24) is 0 Å². The number of carbonyl (C=O) groups is 1. The zero-order valence-electron chi connectivity index (χ0n) is 9.77. The van der Waals surface area contributed by atoms with Crippen LogP contribution in [0.2, 0.25) is 0 Å². The van der Waals surface area contributed by atoms with E-state index in [-0.39, 0.29) is 17.7 Å². The summed E-state index contributed by atoms with van der Waals surface area (Å²) in [4.78, 5) is 10.8. The summed E-state index contributed by atoms with van der Waals surface area (Å²) in [5.41, 5.74) is 1.06. The summed E-state index contributed by atoms with van der Waals surface area (Å²) in [6.07, 6.45) is 0.275. The summed E-state index contributed by atoms with van der Waals surface area (Å²) in [6, 6.07) is 5.11. The predicted octanol–water partition coefficient (Wildman–Crippen LogP) is 2.72. The molecule has 0 aliphatic heterocycles. The number of anilines is 1. The number of hydrogen-bond donors (Lipinski definition) is 3. The van der Waals surface area contributed by atoms with Gasteiger partial charge in [0.15, 0.2) is 0 Å². The lowest BCUT2D eigenvalue weighted by Crippen LogP contribution is -2.20. The first kappa shape index (κ1) is 14.0. The summed E-state index contributed by atoms with van der Waals surface area (Å²) in [6.45, 7) is 3.70. The average Bonchev–Trinajstić information content (AvgIpc) is 2.15. The second-order valence-corrected chi connectivity index (χ2v) is 4.98. The molecule has 0 saturated heterocycles. The zero-order valence-corrected chi connectivity index (χ0v) is 11.4. The molecule has 1 aromatic rings. The fourth-order valence-corrected chi connectivity index (χ4v) is 2.18. The van der Waals surface area contributed by atoms with Crippen LogP contribution in [-0.2, 0) is 0 Å². The van der Waals surface area contributed by atoms with E-state index >= 15 is 0 Å². The third kappa shape index (κ3) is 4.36. The van der Waals surface area contributed by atoms with E-state index < -0.39 is 5.97 Å². The van der Waals surface area contributed by atoms with Crippen molar-refractivity contribution in [3.8, 4) is 0 Å². The lowest BCUT2D eigenvalue weighted by atomic mass is 10.1. The minimum atomic E-state index is -0.958. The van der Waals surface area contributed by atoms with E-state index in [2.05, 4.69) is 21.2 Å². The number of carboxylic acid groups (broad SMARTS) is 1. The van der Waals surface area contributed by atoms with Gasteiger partial charge in [-0.3, -0.25) is 0 Å². The molecule has 0 radical (unpaired) electrons. The van der Waals surface area contributed by atoms with Crippen LogP contribution in [-0.4, -0.2) is 28.3 Å². The van der Waals surface area contributed by atoms with Crippen LogP contribution in [0, 0.1) is 0 Å². The maximum atomic E-state index is 10.8. The second-order valence-electron chi connectivity index (χ2n) is 4.13. The van der Waals surface area contributed by atoms with E-state index in [1.807, 2.05) is 6.92 Å². The van der Waals surface area contributed by atoms with E-state index in [9.17, 15) is 9.90 Å². The quantitative estimate of drug-likeness (QED) is 0.782. The molecule has 1 rings (SSSR count). The van der Waals surface area contributed by atoms with Crippen LogP contribution in [0.1, 0.15) is 30.6 Å². The van der Waals surface area contributed by atoms with E-state index in [4.69, 9.17) is 5.11 Å². The van der Waals surface area contributed by atoms with Crippen LogP contribution in [0.25, 0.3) is 0 Å². The molecule has 2 atom stereocenters. The largest absolute Gasteiger partial charge is 0.478 e. The van der Waals surface area contributed by atoms with Crippen LogP contribution in [0.15, 0.2) is 22.7 Å². The van der Waals surface area contributed by atoms with Crippen molar-refractivity contribution < 1.29 is 15.0 Å². The van der Waals surface area contributed by atoms with Gasteiger partial charge in [-0.05, 0) is 54.4 Å². The molecule has 0 saturated carbocycles. The van der Waals surface area contributed by atoms with Gasteiger partial charge in [-0.25, -0.2) is 4.79 Å². The molecule has 4 nitrogen and oxygen atoms in total. The van der Waals surface area contributed by atoms with Crippen LogP contribution in [0.5, 0.6) is 0 Å². The number of aliphatic hydroxyl groups excluding tert-OH is 1. The SMILES string of the molecule is CC(O)CC(C)Nc1ccc(C(=O)O)c(Br)c1. The Labute approximate surface area is 109 Å². The minimum absolute atomic E-state index is 0.123. The standard InChI is InChI=1S/C12H16BrNO3/c1-7(5-8(2)15)14-9-3-4-10(12(16)17)11(13)6-9/h3-4,6-8,14-15H,5H2,1-2H3,(H,16,17). The molecule has 5 heteroatoms. The summed E-state index contributed by atoms with van der Waals surface area (Å²) in [5, 5.41) is 21.3. The molecule has 0 aliphatic carbocycles. The molecule has 0 fully saturated rings. The summed E-state index contributed by atoms with van der Waals surface area (Å²) >= 11 is 3.22. The fourth-order valence-electron chi connectivity index (χ4n) is 1.63. The van der Waals surface area contributed by atoms with Gasteiger partial charge in [-0.2, -0.15) is 0 Å². The van der Waals surface area contributed by atoms with E-state index in [0.717, 1.165) is 5.69 Å². The Morgan fingerprint density at radius 1 is 1.47 bits per heavy atom. The molecular formula is C12H16BrNO3. The molecule has 2 unspecified atom stereocenters. The summed E-state index contributed by atoms with van der Waals surface area (Å²) in [7, 11) is 0. The van der Waals surface area contributed by atoms with Gasteiger partial charge in [0, 0.05) is 16.2 Å². The highest BCUT2D eigenvalue weighted by molar-refractivity contribution is 9.10. The summed E-state index contributed by atoms with van der Waals surface area (Å²) < 4.78 is 0.541. The van der Waals surface area contributed by atoms with Gasteiger partial charge in [-0.1, -0.05) is 0 Å². The number of aromatic carboxylic acids is 1. The number of aliphatic hydroxyl groups is 1. The number of halogens is 1. The smallest absolute Gasteiger partial charge is 0.336 e. The highest BCUT2D eigenvalue weighted by atomic mass is 79.9. The van der Waals surface area contributed by atoms with Gasteiger partial charge >= 0.3 is 5.97 Å². The number of rotatable bonds is 5. The zero-order chi connectivity index (χ0) is 13.0. The third-order valence-corrected chi connectivity index (χ3v) is 2.96. The Kier molecular flexibility index (Phi) is 4.96. The highest BCUT2D eigenvalue weighted by Gasteiger charge is 2.10. The Morgan fingerprint density at radius 2 is 2.12 bits per heavy atom. The van der Waals surface area contributed by atoms with Crippen molar-refractivity contribution in [3.05, 3.63) is 28.2 Å². The average molecular weight is 302 g/mol. The third-order valence-electron chi connectivity index (χ3n) is 2.31. The summed E-state index contributed by atoms with van der Waals surface area (Å²) in [5.74, 6) is -0.958. The van der Waals surface area contributed by atoms with Gasteiger partial charge in [0.25, 0.3) is 0 Å². The van der Waals surface area contributed by atoms with Gasteiger partial charge in [0.05, 0.1) is 11.7 Å². The van der Waals surface area contributed by atoms with E-state index in [0.29, 0.717) is 10.9 Å². The van der Waals surface area contributed by atoms with Crippen LogP contribution in [0.4, 0.5) is 5.69 Å². The van der Waals surface area contributed by atoms with Crippen molar-refractivity contribution in [2.24, 2.45) is 0 Å². The normalized spacial score (nSPS) is 14.1. The number of hydrogen-bond acceptors (Lipinski definition) is 3. The van der Waals surface area contributed by atoms with Gasteiger partial charge < -0.3 is 15.5 Å². The van der Waals surface area contributed by atoms with Crippen molar-refractivity contribution >= 4 is 27.6 Å². The second kappa shape index (κ2) is 6.02. The monoisotopic (exact) mass is 301 g/mol. The van der Waals surface area contributed by atoms with Crippen molar-refractivity contribution in [2.75, 3.05) is 5.32 Å². The molecule has 94 valence electrons. The van der Waals surface area contributed by atoms with Crippen LogP contribution in [0.3, 0.4) is 0 Å². The Balaban J connectivity index is 2.74. The van der Waals surface area contributed by atoms with Crippen molar-refractivity contribution in [1.29, 1.82) is 0 Å².